The lowest BCUT2D eigenvalue weighted by atomic mass is 10.2. The summed E-state index contributed by atoms with van der Waals surface area (Å²) in [7, 11) is 3.66. The van der Waals surface area contributed by atoms with Crippen LogP contribution in [-0.2, 0) is 6.61 Å². The lowest BCUT2D eigenvalue weighted by Gasteiger charge is -2.17. The Bertz CT molecular complexity index is 572. The highest BCUT2D eigenvalue weighted by atomic mass is 32.1. The molecule has 0 unspecified atom stereocenters. The zero-order valence-corrected chi connectivity index (χ0v) is 13.0. The molecule has 0 aliphatic heterocycles. The molecule has 1 amide bonds. The van der Waals surface area contributed by atoms with Crippen LogP contribution in [0.3, 0.4) is 0 Å². The number of ether oxygens (including phenoxy) is 1. The van der Waals surface area contributed by atoms with E-state index in [4.69, 9.17) is 4.74 Å². The number of hydrogen-bond donors (Lipinski definition) is 1. The predicted octanol–water partition coefficient (Wildman–Crippen LogP) is 2.01. The van der Waals surface area contributed by atoms with Crippen LogP contribution in [-0.4, -0.2) is 43.0 Å². The predicted molar refractivity (Wildman–Crippen MR) is 83.8 cm³/mol. The minimum absolute atomic E-state index is 0.00985. The van der Waals surface area contributed by atoms with Gasteiger partial charge in [0.25, 0.3) is 5.91 Å². The minimum atomic E-state index is -0.00985. The highest BCUT2D eigenvalue weighted by Gasteiger charge is 2.11. The third-order valence-electron chi connectivity index (χ3n) is 3.00. The smallest absolute Gasteiger partial charge is 0.253 e. The maximum Gasteiger partial charge on any atom is 0.253 e. The first kappa shape index (κ1) is 15.5. The quantitative estimate of drug-likeness (QED) is 0.850. The number of amides is 1. The number of carbonyl (C=O) groups excluding carboxylic acids is 1. The number of benzene rings is 1. The number of aromatic nitrogens is 1. The zero-order valence-electron chi connectivity index (χ0n) is 12.2. The third-order valence-corrected chi connectivity index (χ3v) is 3.63. The Morgan fingerprint density at radius 3 is 3.05 bits per heavy atom. The van der Waals surface area contributed by atoms with Gasteiger partial charge in [0.05, 0.1) is 11.2 Å². The molecule has 5 nitrogen and oxygen atoms in total. The van der Waals surface area contributed by atoms with Crippen molar-refractivity contribution in [1.29, 1.82) is 0 Å². The van der Waals surface area contributed by atoms with Gasteiger partial charge in [0, 0.05) is 31.1 Å². The number of nitrogens with one attached hydrogen (secondary N) is 1. The van der Waals surface area contributed by atoms with Crippen LogP contribution in [0.4, 0.5) is 0 Å². The van der Waals surface area contributed by atoms with Crippen LogP contribution in [0.2, 0.25) is 0 Å². The van der Waals surface area contributed by atoms with Gasteiger partial charge in [-0.05, 0) is 25.2 Å². The van der Waals surface area contributed by atoms with Gasteiger partial charge in [0.2, 0.25) is 0 Å². The van der Waals surface area contributed by atoms with Gasteiger partial charge in [-0.15, -0.1) is 11.3 Å². The molecule has 6 heteroatoms. The fraction of sp³-hybridized carbons (Fsp3) is 0.333. The first-order valence-electron chi connectivity index (χ1n) is 6.70. The summed E-state index contributed by atoms with van der Waals surface area (Å²) in [5, 5.41) is 4.97. The van der Waals surface area contributed by atoms with Crippen LogP contribution in [0, 0.1) is 0 Å². The van der Waals surface area contributed by atoms with E-state index in [2.05, 4.69) is 10.3 Å². The van der Waals surface area contributed by atoms with Gasteiger partial charge in [-0.3, -0.25) is 4.79 Å². The van der Waals surface area contributed by atoms with Crippen molar-refractivity contribution in [2.75, 3.05) is 27.2 Å². The molecular weight excluding hydrogens is 286 g/mol. The second-order valence-corrected chi connectivity index (χ2v) is 5.35. The second-order valence-electron chi connectivity index (χ2n) is 4.63. The maximum absolute atomic E-state index is 12.3. The monoisotopic (exact) mass is 305 g/mol. The van der Waals surface area contributed by atoms with Crippen molar-refractivity contribution in [3.63, 3.8) is 0 Å². The molecule has 0 radical (unpaired) electrons. The molecule has 0 aliphatic rings. The number of hydrogen-bond acceptors (Lipinski definition) is 5. The number of thiazole rings is 1. The van der Waals surface area contributed by atoms with Crippen LogP contribution < -0.4 is 10.1 Å². The average Bonchev–Trinajstić information content (AvgIpc) is 3.03. The van der Waals surface area contributed by atoms with Gasteiger partial charge in [0.15, 0.2) is 0 Å². The second kappa shape index (κ2) is 7.75. The van der Waals surface area contributed by atoms with Crippen LogP contribution in [0.5, 0.6) is 5.75 Å². The fourth-order valence-electron chi connectivity index (χ4n) is 1.79. The molecule has 0 atom stereocenters. The average molecular weight is 305 g/mol. The van der Waals surface area contributed by atoms with Crippen LogP contribution in [0.1, 0.15) is 16.1 Å². The highest BCUT2D eigenvalue weighted by molar-refractivity contribution is 7.07. The summed E-state index contributed by atoms with van der Waals surface area (Å²) in [6.07, 6.45) is 0. The van der Waals surface area contributed by atoms with Crippen molar-refractivity contribution in [2.45, 2.75) is 6.61 Å². The topological polar surface area (TPSA) is 54.5 Å². The summed E-state index contributed by atoms with van der Waals surface area (Å²) in [4.78, 5) is 18.1. The summed E-state index contributed by atoms with van der Waals surface area (Å²) in [5.41, 5.74) is 3.29. The van der Waals surface area contributed by atoms with Crippen molar-refractivity contribution in [1.82, 2.24) is 15.2 Å². The molecule has 2 aromatic rings. The van der Waals surface area contributed by atoms with Gasteiger partial charge in [0.1, 0.15) is 12.4 Å². The Balaban J connectivity index is 1.98. The summed E-state index contributed by atoms with van der Waals surface area (Å²) in [6.45, 7) is 1.85. The van der Waals surface area contributed by atoms with Crippen molar-refractivity contribution < 1.29 is 9.53 Å². The minimum Gasteiger partial charge on any atom is -0.487 e. The molecule has 0 fully saturated rings. The Kier molecular flexibility index (Phi) is 5.71. The fourth-order valence-corrected chi connectivity index (χ4v) is 2.33. The molecule has 1 aromatic heterocycles. The van der Waals surface area contributed by atoms with E-state index in [1.807, 2.05) is 24.6 Å². The molecule has 0 spiro atoms. The van der Waals surface area contributed by atoms with E-state index in [0.717, 1.165) is 12.2 Å². The van der Waals surface area contributed by atoms with Gasteiger partial charge < -0.3 is 15.0 Å². The largest absolute Gasteiger partial charge is 0.487 e. The van der Waals surface area contributed by atoms with E-state index in [0.29, 0.717) is 24.5 Å². The lowest BCUT2D eigenvalue weighted by Crippen LogP contribution is -2.32. The number of rotatable bonds is 7. The molecule has 0 saturated heterocycles. The van der Waals surface area contributed by atoms with Crippen LogP contribution in [0.25, 0.3) is 0 Å². The molecule has 0 aliphatic carbocycles. The van der Waals surface area contributed by atoms with Crippen molar-refractivity contribution in [3.05, 3.63) is 46.4 Å². The molecule has 0 saturated carbocycles. The maximum atomic E-state index is 12.3. The SMILES string of the molecule is CNCCN(C)C(=O)c1cccc(OCc2cscn2)c1. The van der Waals surface area contributed by atoms with Gasteiger partial charge in [-0.25, -0.2) is 4.98 Å². The number of carbonyl (C=O) groups is 1. The van der Waals surface area contributed by atoms with E-state index >= 15 is 0 Å². The van der Waals surface area contributed by atoms with E-state index in [9.17, 15) is 4.79 Å². The highest BCUT2D eigenvalue weighted by Crippen LogP contribution is 2.16. The molecule has 1 aromatic carbocycles. The zero-order chi connectivity index (χ0) is 15.1. The Hall–Kier alpha value is -1.92. The number of likely N-dealkylation sites (N-methyl/N-ethyl adjacent to an activating group) is 2. The van der Waals surface area contributed by atoms with Crippen molar-refractivity contribution >= 4 is 17.2 Å². The van der Waals surface area contributed by atoms with Crippen molar-refractivity contribution in [2.24, 2.45) is 0 Å². The van der Waals surface area contributed by atoms with E-state index in [-0.39, 0.29) is 5.91 Å². The van der Waals surface area contributed by atoms with Crippen LogP contribution in [0.15, 0.2) is 35.2 Å². The lowest BCUT2D eigenvalue weighted by molar-refractivity contribution is 0.0796. The molecular formula is C15H19N3O2S. The number of nitrogens with zero attached hydrogens (tertiary/aromatic N) is 2. The van der Waals surface area contributed by atoms with Crippen molar-refractivity contribution in [3.8, 4) is 5.75 Å². The summed E-state index contributed by atoms with van der Waals surface area (Å²) in [6, 6.07) is 7.24. The molecule has 0 bridgehead atoms. The van der Waals surface area contributed by atoms with Gasteiger partial charge in [-0.2, -0.15) is 0 Å². The Morgan fingerprint density at radius 1 is 1.48 bits per heavy atom. The summed E-state index contributed by atoms with van der Waals surface area (Å²) < 4.78 is 5.66. The van der Waals surface area contributed by atoms with E-state index < -0.39 is 0 Å². The normalized spacial score (nSPS) is 10.4. The van der Waals surface area contributed by atoms with Gasteiger partial charge in [-0.1, -0.05) is 6.07 Å². The van der Waals surface area contributed by atoms with Crippen LogP contribution >= 0.6 is 11.3 Å². The van der Waals surface area contributed by atoms with E-state index in [1.165, 1.54) is 11.3 Å². The molecule has 21 heavy (non-hydrogen) atoms. The molecule has 2 rings (SSSR count). The van der Waals surface area contributed by atoms with Gasteiger partial charge >= 0.3 is 0 Å². The molecule has 112 valence electrons. The first-order chi connectivity index (χ1) is 10.2. The Labute approximate surface area is 128 Å². The molecule has 1 N–H and O–H groups in total. The standard InChI is InChI=1S/C15H19N3O2S/c1-16-6-7-18(2)15(19)12-4-3-5-14(8-12)20-9-13-10-21-11-17-13/h3-5,8,10-11,16H,6-7,9H2,1-2H3. The summed E-state index contributed by atoms with van der Waals surface area (Å²) in [5.74, 6) is 0.667. The Morgan fingerprint density at radius 2 is 2.33 bits per heavy atom. The molecule has 1 heterocycles. The van der Waals surface area contributed by atoms with E-state index in [1.54, 1.807) is 29.6 Å². The first-order valence-corrected chi connectivity index (χ1v) is 7.65. The summed E-state index contributed by atoms with van der Waals surface area (Å²) >= 11 is 1.54. The third kappa shape index (κ3) is 4.54.